The molecule has 14 heavy (non-hydrogen) atoms. The number of amides is 1. The molecule has 0 bridgehead atoms. The van der Waals surface area contributed by atoms with Crippen molar-refractivity contribution >= 4 is 5.91 Å². The molecule has 0 aromatic heterocycles. The van der Waals surface area contributed by atoms with Crippen LogP contribution in [0, 0.1) is 5.92 Å². The molecule has 0 radical (unpaired) electrons. The van der Waals surface area contributed by atoms with Gasteiger partial charge < -0.3 is 10.6 Å². The summed E-state index contributed by atoms with van der Waals surface area (Å²) in [6.07, 6.45) is 5.14. The maximum Gasteiger partial charge on any atom is 0.236 e. The predicted molar refractivity (Wildman–Crippen MR) is 58.1 cm³/mol. The van der Waals surface area contributed by atoms with Crippen LogP contribution in [0.1, 0.15) is 39.5 Å². The lowest BCUT2D eigenvalue weighted by Crippen LogP contribution is -2.48. The molecule has 3 atom stereocenters. The first-order valence-electron chi connectivity index (χ1n) is 5.62. The molecule has 0 heterocycles. The summed E-state index contributed by atoms with van der Waals surface area (Å²) in [5, 5.41) is 6.07. The van der Waals surface area contributed by atoms with Crippen LogP contribution in [0.5, 0.6) is 0 Å². The van der Waals surface area contributed by atoms with Gasteiger partial charge in [-0.15, -0.1) is 0 Å². The van der Waals surface area contributed by atoms with Gasteiger partial charge in [0, 0.05) is 13.1 Å². The number of hydrogen-bond donors (Lipinski definition) is 2. The van der Waals surface area contributed by atoms with E-state index < -0.39 is 0 Å². The molecule has 1 aliphatic carbocycles. The summed E-state index contributed by atoms with van der Waals surface area (Å²) in [4.78, 5) is 11.3. The van der Waals surface area contributed by atoms with Crippen LogP contribution in [0.2, 0.25) is 0 Å². The average Bonchev–Trinajstić information content (AvgIpc) is 2.20. The number of carbonyl (C=O) groups excluding carboxylic acids is 1. The Balaban J connectivity index is 2.38. The Hall–Kier alpha value is -0.570. The molecule has 3 nitrogen and oxygen atoms in total. The fourth-order valence-corrected chi connectivity index (χ4v) is 2.18. The Morgan fingerprint density at radius 2 is 2.00 bits per heavy atom. The highest BCUT2D eigenvalue weighted by molar-refractivity contribution is 5.80. The molecule has 0 aromatic rings. The molecule has 1 amide bonds. The molecule has 3 heteroatoms. The fourth-order valence-electron chi connectivity index (χ4n) is 2.18. The Kier molecular flexibility index (Phi) is 4.39. The maximum absolute atomic E-state index is 11.3. The smallest absolute Gasteiger partial charge is 0.236 e. The molecule has 1 aliphatic rings. The summed E-state index contributed by atoms with van der Waals surface area (Å²) >= 11 is 0. The molecule has 0 spiro atoms. The van der Waals surface area contributed by atoms with Gasteiger partial charge in [0.05, 0.1) is 6.04 Å². The average molecular weight is 198 g/mol. The summed E-state index contributed by atoms with van der Waals surface area (Å²) in [5.41, 5.74) is 0. The Morgan fingerprint density at radius 1 is 1.36 bits per heavy atom. The van der Waals surface area contributed by atoms with Gasteiger partial charge in [0.15, 0.2) is 0 Å². The minimum Gasteiger partial charge on any atom is -0.358 e. The van der Waals surface area contributed by atoms with Gasteiger partial charge in [0.2, 0.25) is 5.91 Å². The van der Waals surface area contributed by atoms with Crippen molar-refractivity contribution in [1.82, 2.24) is 10.6 Å². The van der Waals surface area contributed by atoms with Crippen molar-refractivity contribution in [1.29, 1.82) is 0 Å². The Labute approximate surface area is 86.6 Å². The minimum atomic E-state index is -0.0643. The summed E-state index contributed by atoms with van der Waals surface area (Å²) in [6.45, 7) is 4.20. The molecular formula is C11H22N2O. The second-order valence-electron chi connectivity index (χ2n) is 4.37. The van der Waals surface area contributed by atoms with E-state index in [-0.39, 0.29) is 11.9 Å². The van der Waals surface area contributed by atoms with Crippen LogP contribution in [-0.2, 0) is 4.79 Å². The zero-order valence-corrected chi connectivity index (χ0v) is 9.47. The molecule has 0 aliphatic heterocycles. The van der Waals surface area contributed by atoms with Crippen molar-refractivity contribution in [2.75, 3.05) is 7.05 Å². The molecule has 2 unspecified atom stereocenters. The summed E-state index contributed by atoms with van der Waals surface area (Å²) < 4.78 is 0. The monoisotopic (exact) mass is 198 g/mol. The number of rotatable bonds is 3. The zero-order chi connectivity index (χ0) is 10.6. The lowest BCUT2D eigenvalue weighted by atomic mass is 9.85. The van der Waals surface area contributed by atoms with Gasteiger partial charge in [0.25, 0.3) is 0 Å². The first-order valence-corrected chi connectivity index (χ1v) is 5.62. The molecule has 1 fully saturated rings. The first-order chi connectivity index (χ1) is 6.65. The van der Waals surface area contributed by atoms with E-state index in [0.29, 0.717) is 12.0 Å². The van der Waals surface area contributed by atoms with Crippen LogP contribution in [0.4, 0.5) is 0 Å². The third-order valence-corrected chi connectivity index (χ3v) is 3.22. The number of carbonyl (C=O) groups is 1. The van der Waals surface area contributed by atoms with Gasteiger partial charge in [-0.3, -0.25) is 4.79 Å². The largest absolute Gasteiger partial charge is 0.358 e. The normalized spacial score (nSPS) is 29.6. The Bertz CT molecular complexity index is 194. The van der Waals surface area contributed by atoms with Crippen LogP contribution in [0.25, 0.3) is 0 Å². The van der Waals surface area contributed by atoms with Crippen LogP contribution in [0.15, 0.2) is 0 Å². The molecule has 0 aromatic carbocycles. The second kappa shape index (κ2) is 5.35. The molecular weight excluding hydrogens is 176 g/mol. The SMILES string of the molecule is CNC(=O)[C@@H](C)NC1CCCCC1C. The van der Waals surface area contributed by atoms with E-state index in [1.807, 2.05) is 6.92 Å². The maximum atomic E-state index is 11.3. The van der Waals surface area contributed by atoms with Gasteiger partial charge in [0.1, 0.15) is 0 Å². The third kappa shape index (κ3) is 2.98. The van der Waals surface area contributed by atoms with E-state index in [1.165, 1.54) is 25.7 Å². The van der Waals surface area contributed by atoms with E-state index in [2.05, 4.69) is 17.6 Å². The second-order valence-corrected chi connectivity index (χ2v) is 4.37. The predicted octanol–water partition coefficient (Wildman–Crippen LogP) is 1.29. The number of nitrogens with one attached hydrogen (secondary N) is 2. The Morgan fingerprint density at radius 3 is 2.57 bits per heavy atom. The lowest BCUT2D eigenvalue weighted by molar-refractivity contribution is -0.122. The highest BCUT2D eigenvalue weighted by Crippen LogP contribution is 2.23. The van der Waals surface area contributed by atoms with Crippen molar-refractivity contribution < 1.29 is 4.79 Å². The van der Waals surface area contributed by atoms with Gasteiger partial charge in [-0.1, -0.05) is 19.8 Å². The van der Waals surface area contributed by atoms with Crippen LogP contribution < -0.4 is 10.6 Å². The number of hydrogen-bond acceptors (Lipinski definition) is 2. The van der Waals surface area contributed by atoms with E-state index in [4.69, 9.17) is 0 Å². The van der Waals surface area contributed by atoms with Gasteiger partial charge >= 0.3 is 0 Å². The quantitative estimate of drug-likeness (QED) is 0.717. The molecule has 2 N–H and O–H groups in total. The van der Waals surface area contributed by atoms with E-state index in [1.54, 1.807) is 7.05 Å². The van der Waals surface area contributed by atoms with Crippen LogP contribution >= 0.6 is 0 Å². The summed E-state index contributed by atoms with van der Waals surface area (Å²) in [6, 6.07) is 0.460. The standard InChI is InChI=1S/C11H22N2O/c1-8-6-4-5-7-10(8)13-9(2)11(14)12-3/h8-10,13H,4-7H2,1-3H3,(H,12,14)/t8?,9-,10?/m1/s1. The third-order valence-electron chi connectivity index (χ3n) is 3.22. The number of likely N-dealkylation sites (N-methyl/N-ethyl adjacent to an activating group) is 1. The van der Waals surface area contributed by atoms with E-state index >= 15 is 0 Å². The van der Waals surface area contributed by atoms with E-state index in [9.17, 15) is 4.79 Å². The van der Waals surface area contributed by atoms with Crippen molar-refractivity contribution in [2.24, 2.45) is 5.92 Å². The van der Waals surface area contributed by atoms with Gasteiger partial charge in [-0.25, -0.2) is 0 Å². The van der Waals surface area contributed by atoms with Crippen molar-refractivity contribution in [3.8, 4) is 0 Å². The fraction of sp³-hybridized carbons (Fsp3) is 0.909. The van der Waals surface area contributed by atoms with Crippen LogP contribution in [-0.4, -0.2) is 25.0 Å². The van der Waals surface area contributed by atoms with Crippen molar-refractivity contribution in [3.63, 3.8) is 0 Å². The summed E-state index contributed by atoms with van der Waals surface area (Å²) in [7, 11) is 1.69. The van der Waals surface area contributed by atoms with Gasteiger partial charge in [-0.2, -0.15) is 0 Å². The molecule has 1 rings (SSSR count). The van der Waals surface area contributed by atoms with Gasteiger partial charge in [-0.05, 0) is 25.7 Å². The minimum absolute atomic E-state index is 0.0643. The topological polar surface area (TPSA) is 41.1 Å². The zero-order valence-electron chi connectivity index (χ0n) is 9.47. The molecule has 0 saturated heterocycles. The highest BCUT2D eigenvalue weighted by atomic mass is 16.2. The highest BCUT2D eigenvalue weighted by Gasteiger charge is 2.24. The lowest BCUT2D eigenvalue weighted by Gasteiger charge is -2.31. The molecule has 1 saturated carbocycles. The van der Waals surface area contributed by atoms with Crippen molar-refractivity contribution in [3.05, 3.63) is 0 Å². The molecule has 82 valence electrons. The van der Waals surface area contributed by atoms with E-state index in [0.717, 1.165) is 0 Å². The first kappa shape index (κ1) is 11.5. The van der Waals surface area contributed by atoms with Crippen LogP contribution in [0.3, 0.4) is 0 Å². The van der Waals surface area contributed by atoms with Crippen molar-refractivity contribution in [2.45, 2.75) is 51.6 Å². The summed E-state index contributed by atoms with van der Waals surface area (Å²) in [5.74, 6) is 0.790.